The molecular formula is C19H15ClN2O4S2. The predicted molar refractivity (Wildman–Crippen MR) is 113 cm³/mol. The lowest BCUT2D eigenvalue weighted by molar-refractivity contribution is -0.123. The van der Waals surface area contributed by atoms with Gasteiger partial charge in [-0.1, -0.05) is 29.4 Å². The second-order valence-electron chi connectivity index (χ2n) is 5.58. The molecule has 0 radical (unpaired) electrons. The zero-order chi connectivity index (χ0) is 20.3. The van der Waals surface area contributed by atoms with Crippen LogP contribution in [0, 0.1) is 0 Å². The Morgan fingerprint density at radius 3 is 2.68 bits per heavy atom. The summed E-state index contributed by atoms with van der Waals surface area (Å²) in [5.74, 6) is 0.278. The molecule has 0 atom stereocenters. The molecule has 144 valence electrons. The Labute approximate surface area is 176 Å². The number of thioether (sulfide) groups is 1. The number of hydrogen-bond donors (Lipinski definition) is 1. The SMILES string of the molecule is COc1ccc(OC)c(C=C2SC(=S)N(NC(=O)c3cccc(Cl)c3)C2=O)c1. The van der Waals surface area contributed by atoms with Crippen LogP contribution in [0.4, 0.5) is 0 Å². The Morgan fingerprint density at radius 2 is 2.00 bits per heavy atom. The molecule has 9 heteroatoms. The van der Waals surface area contributed by atoms with E-state index in [2.05, 4.69) is 5.43 Å². The number of carbonyl (C=O) groups excluding carboxylic acids is 2. The topological polar surface area (TPSA) is 67.9 Å². The van der Waals surface area contributed by atoms with Gasteiger partial charge >= 0.3 is 0 Å². The molecule has 1 aliphatic rings. The van der Waals surface area contributed by atoms with Crippen molar-refractivity contribution in [3.05, 3.63) is 63.5 Å². The second kappa shape index (κ2) is 8.64. The largest absolute Gasteiger partial charge is 0.497 e. The van der Waals surface area contributed by atoms with Crippen molar-refractivity contribution in [2.45, 2.75) is 0 Å². The molecular weight excluding hydrogens is 420 g/mol. The van der Waals surface area contributed by atoms with Crippen LogP contribution in [0.3, 0.4) is 0 Å². The van der Waals surface area contributed by atoms with Gasteiger partial charge < -0.3 is 9.47 Å². The monoisotopic (exact) mass is 434 g/mol. The van der Waals surface area contributed by atoms with Crippen LogP contribution in [0.2, 0.25) is 5.02 Å². The van der Waals surface area contributed by atoms with Gasteiger partial charge in [0.05, 0.1) is 19.1 Å². The van der Waals surface area contributed by atoms with Crippen LogP contribution < -0.4 is 14.9 Å². The number of hydrogen-bond acceptors (Lipinski definition) is 6. The summed E-state index contributed by atoms with van der Waals surface area (Å²) < 4.78 is 10.8. The highest BCUT2D eigenvalue weighted by molar-refractivity contribution is 8.26. The van der Waals surface area contributed by atoms with Crippen molar-refractivity contribution in [1.29, 1.82) is 0 Å². The molecule has 0 aromatic heterocycles. The van der Waals surface area contributed by atoms with Gasteiger partial charge in [0.15, 0.2) is 4.32 Å². The summed E-state index contributed by atoms with van der Waals surface area (Å²) >= 11 is 12.2. The fourth-order valence-corrected chi connectivity index (χ4v) is 3.81. The number of benzene rings is 2. The van der Waals surface area contributed by atoms with Gasteiger partial charge in [-0.25, -0.2) is 0 Å². The maximum Gasteiger partial charge on any atom is 0.285 e. The average Bonchev–Trinajstić information content (AvgIpc) is 2.95. The summed E-state index contributed by atoms with van der Waals surface area (Å²) in [6.45, 7) is 0. The summed E-state index contributed by atoms with van der Waals surface area (Å²) in [6, 6.07) is 11.6. The third kappa shape index (κ3) is 4.30. The summed E-state index contributed by atoms with van der Waals surface area (Å²) in [7, 11) is 3.09. The molecule has 2 aromatic carbocycles. The molecule has 28 heavy (non-hydrogen) atoms. The Balaban J connectivity index is 1.84. The van der Waals surface area contributed by atoms with Crippen molar-refractivity contribution in [2.75, 3.05) is 14.2 Å². The molecule has 1 heterocycles. The Kier molecular flexibility index (Phi) is 6.23. The Hall–Kier alpha value is -2.55. The Morgan fingerprint density at radius 1 is 1.21 bits per heavy atom. The van der Waals surface area contributed by atoms with Crippen LogP contribution in [0.25, 0.3) is 6.08 Å². The zero-order valence-electron chi connectivity index (χ0n) is 14.9. The highest BCUT2D eigenvalue weighted by atomic mass is 35.5. The smallest absolute Gasteiger partial charge is 0.285 e. The number of nitrogens with one attached hydrogen (secondary N) is 1. The van der Waals surface area contributed by atoms with E-state index in [0.717, 1.165) is 16.8 Å². The van der Waals surface area contributed by atoms with Gasteiger partial charge in [0.2, 0.25) is 0 Å². The van der Waals surface area contributed by atoms with Gasteiger partial charge in [0, 0.05) is 16.1 Å². The fourth-order valence-electron chi connectivity index (χ4n) is 2.45. The first kappa shape index (κ1) is 20.2. The number of carbonyl (C=O) groups is 2. The number of ether oxygens (including phenoxy) is 2. The van der Waals surface area contributed by atoms with E-state index in [-0.39, 0.29) is 4.32 Å². The molecule has 3 rings (SSSR count). The number of amides is 2. The van der Waals surface area contributed by atoms with Crippen LogP contribution in [0.5, 0.6) is 11.5 Å². The third-order valence-electron chi connectivity index (χ3n) is 3.82. The number of rotatable bonds is 5. The normalized spacial score (nSPS) is 15.1. The van der Waals surface area contributed by atoms with E-state index < -0.39 is 11.8 Å². The van der Waals surface area contributed by atoms with E-state index in [0.29, 0.717) is 32.6 Å². The third-order valence-corrected chi connectivity index (χ3v) is 5.35. The molecule has 0 saturated carbocycles. The number of nitrogens with zero attached hydrogens (tertiary/aromatic N) is 1. The van der Waals surface area contributed by atoms with E-state index in [1.54, 1.807) is 49.6 Å². The number of thiocarbonyl (C=S) groups is 1. The van der Waals surface area contributed by atoms with Crippen LogP contribution >= 0.6 is 35.6 Å². The molecule has 2 amide bonds. The van der Waals surface area contributed by atoms with Crippen LogP contribution in [0.1, 0.15) is 15.9 Å². The molecule has 1 N–H and O–H groups in total. The highest BCUT2D eigenvalue weighted by Crippen LogP contribution is 2.34. The highest BCUT2D eigenvalue weighted by Gasteiger charge is 2.34. The van der Waals surface area contributed by atoms with E-state index in [9.17, 15) is 9.59 Å². The van der Waals surface area contributed by atoms with Crippen molar-refractivity contribution in [1.82, 2.24) is 10.4 Å². The average molecular weight is 435 g/mol. The van der Waals surface area contributed by atoms with Crippen LogP contribution in [0.15, 0.2) is 47.4 Å². The quantitative estimate of drug-likeness (QED) is 0.568. The molecule has 1 aliphatic heterocycles. The Bertz CT molecular complexity index is 994. The maximum absolute atomic E-state index is 12.7. The van der Waals surface area contributed by atoms with Gasteiger partial charge in [-0.15, -0.1) is 0 Å². The number of hydrazine groups is 1. The summed E-state index contributed by atoms with van der Waals surface area (Å²) in [5, 5.41) is 1.46. The van der Waals surface area contributed by atoms with Crippen LogP contribution in [-0.4, -0.2) is 35.4 Å². The second-order valence-corrected chi connectivity index (χ2v) is 7.69. The van der Waals surface area contributed by atoms with E-state index in [1.165, 1.54) is 13.2 Å². The van der Waals surface area contributed by atoms with Gasteiger partial charge in [0.1, 0.15) is 11.5 Å². The number of halogens is 1. The zero-order valence-corrected chi connectivity index (χ0v) is 17.3. The van der Waals surface area contributed by atoms with Crippen LogP contribution in [-0.2, 0) is 4.79 Å². The fraction of sp³-hybridized carbons (Fsp3) is 0.105. The van der Waals surface area contributed by atoms with Gasteiger partial charge in [0.25, 0.3) is 11.8 Å². The summed E-state index contributed by atoms with van der Waals surface area (Å²) in [5.41, 5.74) is 3.49. The first-order valence-corrected chi connectivity index (χ1v) is 9.59. The molecule has 0 bridgehead atoms. The molecule has 0 spiro atoms. The van der Waals surface area contributed by atoms with Gasteiger partial charge in [-0.05, 0) is 54.7 Å². The molecule has 2 aromatic rings. The first-order valence-electron chi connectivity index (χ1n) is 7.99. The van der Waals surface area contributed by atoms with Crippen molar-refractivity contribution in [3.63, 3.8) is 0 Å². The van der Waals surface area contributed by atoms with Crippen molar-refractivity contribution < 1.29 is 19.1 Å². The molecule has 0 unspecified atom stereocenters. The maximum atomic E-state index is 12.7. The standard InChI is InChI=1S/C19H15ClN2O4S2/c1-25-14-6-7-15(26-2)12(9-14)10-16-18(24)22(19(27)28-16)21-17(23)11-4-3-5-13(20)8-11/h3-10H,1-2H3,(H,21,23). The minimum atomic E-state index is -0.487. The van der Waals surface area contributed by atoms with Crippen molar-refractivity contribution in [2.24, 2.45) is 0 Å². The van der Waals surface area contributed by atoms with E-state index in [1.807, 2.05) is 0 Å². The van der Waals surface area contributed by atoms with Crippen molar-refractivity contribution >= 4 is 57.8 Å². The molecule has 6 nitrogen and oxygen atoms in total. The molecule has 0 aliphatic carbocycles. The lowest BCUT2D eigenvalue weighted by atomic mass is 10.1. The molecule has 1 saturated heterocycles. The van der Waals surface area contributed by atoms with Crippen molar-refractivity contribution in [3.8, 4) is 11.5 Å². The van der Waals surface area contributed by atoms with E-state index >= 15 is 0 Å². The molecule has 1 fully saturated rings. The minimum absolute atomic E-state index is 0.216. The minimum Gasteiger partial charge on any atom is -0.497 e. The lowest BCUT2D eigenvalue weighted by Crippen LogP contribution is -2.44. The first-order chi connectivity index (χ1) is 13.4. The predicted octanol–water partition coefficient (Wildman–Crippen LogP) is 3.90. The lowest BCUT2D eigenvalue weighted by Gasteiger charge is -2.15. The van der Waals surface area contributed by atoms with Gasteiger partial charge in [-0.2, -0.15) is 5.01 Å². The van der Waals surface area contributed by atoms with Gasteiger partial charge in [-0.3, -0.25) is 15.0 Å². The summed E-state index contributed by atoms with van der Waals surface area (Å²) in [4.78, 5) is 25.5. The van der Waals surface area contributed by atoms with E-state index in [4.69, 9.17) is 33.3 Å². The number of methoxy groups -OCH3 is 2. The summed E-state index contributed by atoms with van der Waals surface area (Å²) in [6.07, 6.45) is 1.65.